The lowest BCUT2D eigenvalue weighted by molar-refractivity contribution is 0.721. The molecular formula is C18H30. The van der Waals surface area contributed by atoms with Crippen LogP contribution in [0.25, 0.3) is 0 Å². The van der Waals surface area contributed by atoms with E-state index in [9.17, 15) is 0 Å². The molecule has 0 amide bonds. The lowest BCUT2D eigenvalue weighted by Crippen LogP contribution is -2.01. The van der Waals surface area contributed by atoms with Crippen LogP contribution in [0, 0.1) is 5.92 Å². The zero-order chi connectivity index (χ0) is 14.0. The van der Waals surface area contributed by atoms with Crippen molar-refractivity contribution in [3.63, 3.8) is 0 Å². The van der Waals surface area contributed by atoms with Crippen molar-refractivity contribution in [3.8, 4) is 0 Å². The number of hydrogen-bond acceptors (Lipinski definition) is 0. The largest absolute Gasteiger partial charge is 0.0988 e. The van der Waals surface area contributed by atoms with Gasteiger partial charge in [0.25, 0.3) is 0 Å². The summed E-state index contributed by atoms with van der Waals surface area (Å²) in [5.41, 5.74) is 4.33. The normalized spacial score (nSPS) is 15.7. The fourth-order valence-corrected chi connectivity index (χ4v) is 2.22. The van der Waals surface area contributed by atoms with Crippen molar-refractivity contribution in [1.82, 2.24) is 0 Å². The Balaban J connectivity index is 4.94. The monoisotopic (exact) mass is 246 g/mol. The molecule has 102 valence electrons. The minimum Gasteiger partial charge on any atom is -0.0988 e. The van der Waals surface area contributed by atoms with Crippen LogP contribution in [0.1, 0.15) is 60.3 Å². The van der Waals surface area contributed by atoms with Crippen LogP contribution in [-0.4, -0.2) is 0 Å². The van der Waals surface area contributed by atoms with Crippen LogP contribution in [0.5, 0.6) is 0 Å². The van der Waals surface area contributed by atoms with Gasteiger partial charge in [0.05, 0.1) is 0 Å². The number of allylic oxidation sites excluding steroid dienone is 7. The molecule has 0 fully saturated rings. The van der Waals surface area contributed by atoms with Gasteiger partial charge < -0.3 is 0 Å². The van der Waals surface area contributed by atoms with Gasteiger partial charge in [0.2, 0.25) is 0 Å². The second kappa shape index (κ2) is 9.94. The van der Waals surface area contributed by atoms with Gasteiger partial charge in [0.1, 0.15) is 0 Å². The molecule has 0 aromatic heterocycles. The predicted molar refractivity (Wildman–Crippen MR) is 84.8 cm³/mol. The van der Waals surface area contributed by atoms with Crippen molar-refractivity contribution in [2.75, 3.05) is 0 Å². The van der Waals surface area contributed by atoms with Gasteiger partial charge in [-0.05, 0) is 40.0 Å². The molecule has 0 aliphatic carbocycles. The Labute approximate surface area is 114 Å². The van der Waals surface area contributed by atoms with Crippen molar-refractivity contribution >= 4 is 0 Å². The zero-order valence-corrected chi connectivity index (χ0v) is 12.9. The van der Waals surface area contributed by atoms with Gasteiger partial charge in [-0.15, -0.1) is 0 Å². The first-order valence-electron chi connectivity index (χ1n) is 7.20. The molecule has 0 nitrogen and oxygen atoms in total. The van der Waals surface area contributed by atoms with Crippen molar-refractivity contribution in [3.05, 3.63) is 47.6 Å². The molecular weight excluding hydrogens is 216 g/mol. The molecule has 0 bridgehead atoms. The van der Waals surface area contributed by atoms with Gasteiger partial charge in [-0.3, -0.25) is 0 Å². The van der Waals surface area contributed by atoms with E-state index in [4.69, 9.17) is 0 Å². The number of rotatable bonds is 8. The van der Waals surface area contributed by atoms with Crippen LogP contribution < -0.4 is 0 Å². The van der Waals surface area contributed by atoms with Gasteiger partial charge in [-0.25, -0.2) is 0 Å². The minimum absolute atomic E-state index is 0.557. The summed E-state index contributed by atoms with van der Waals surface area (Å²) in [5.74, 6) is 0.557. The molecule has 0 heteroatoms. The van der Waals surface area contributed by atoms with Crippen molar-refractivity contribution in [2.45, 2.75) is 60.3 Å². The molecule has 0 saturated carbocycles. The van der Waals surface area contributed by atoms with E-state index < -0.39 is 0 Å². The molecule has 18 heavy (non-hydrogen) atoms. The summed E-state index contributed by atoms with van der Waals surface area (Å²) in [6.07, 6.45) is 13.6. The predicted octanol–water partition coefficient (Wildman–Crippen LogP) is 6.23. The Hall–Kier alpha value is -1.04. The van der Waals surface area contributed by atoms with Crippen LogP contribution in [0.15, 0.2) is 47.6 Å². The van der Waals surface area contributed by atoms with Gasteiger partial charge in [0, 0.05) is 5.92 Å². The summed E-state index contributed by atoms with van der Waals surface area (Å²) in [6, 6.07) is 0. The lowest BCUT2D eigenvalue weighted by atomic mass is 9.90. The molecule has 1 atom stereocenters. The Morgan fingerprint density at radius 2 is 1.89 bits per heavy atom. The summed E-state index contributed by atoms with van der Waals surface area (Å²) < 4.78 is 0. The Kier molecular flexibility index (Phi) is 9.36. The smallest absolute Gasteiger partial charge is 0.00138 e. The Morgan fingerprint density at radius 3 is 2.33 bits per heavy atom. The highest BCUT2D eigenvalue weighted by Crippen LogP contribution is 2.24. The van der Waals surface area contributed by atoms with Crippen molar-refractivity contribution < 1.29 is 0 Å². The van der Waals surface area contributed by atoms with Gasteiger partial charge in [-0.2, -0.15) is 0 Å². The average Bonchev–Trinajstić information content (AvgIpc) is 2.36. The molecule has 1 unspecified atom stereocenters. The third kappa shape index (κ3) is 6.64. The molecule has 0 aromatic carbocycles. The first-order valence-corrected chi connectivity index (χ1v) is 7.20. The maximum atomic E-state index is 3.82. The standard InChI is InChI=1S/C18H30/c1-7-11-16(6)14-18(17(9-3)10-4)13-12-15(5)8-2/h8-9,12,14,18H,2,7,10-11,13H2,1,3-6H3. The van der Waals surface area contributed by atoms with E-state index in [1.54, 1.807) is 5.57 Å². The second-order valence-electron chi connectivity index (χ2n) is 4.97. The highest BCUT2D eigenvalue weighted by atomic mass is 14.1. The molecule has 0 saturated heterocycles. The quantitative estimate of drug-likeness (QED) is 0.352. The summed E-state index contributed by atoms with van der Waals surface area (Å²) in [7, 11) is 0. The van der Waals surface area contributed by atoms with Crippen LogP contribution in [0.4, 0.5) is 0 Å². The van der Waals surface area contributed by atoms with Gasteiger partial charge in [-0.1, -0.05) is 67.9 Å². The summed E-state index contributed by atoms with van der Waals surface area (Å²) in [4.78, 5) is 0. The lowest BCUT2D eigenvalue weighted by Gasteiger charge is -2.16. The van der Waals surface area contributed by atoms with Gasteiger partial charge >= 0.3 is 0 Å². The zero-order valence-electron chi connectivity index (χ0n) is 12.9. The third-order valence-electron chi connectivity index (χ3n) is 3.40. The molecule has 0 heterocycles. The van der Waals surface area contributed by atoms with Crippen molar-refractivity contribution in [1.29, 1.82) is 0 Å². The molecule has 0 aliphatic heterocycles. The fraction of sp³-hybridized carbons (Fsp3) is 0.556. The summed E-state index contributed by atoms with van der Waals surface area (Å²) >= 11 is 0. The molecule has 0 spiro atoms. The maximum Gasteiger partial charge on any atom is 0.00138 e. The van der Waals surface area contributed by atoms with Crippen LogP contribution in [0.2, 0.25) is 0 Å². The van der Waals surface area contributed by atoms with Gasteiger partial charge in [0.15, 0.2) is 0 Å². The average molecular weight is 246 g/mol. The molecule has 0 aromatic rings. The summed E-state index contributed by atoms with van der Waals surface area (Å²) in [6.45, 7) is 14.8. The van der Waals surface area contributed by atoms with Crippen LogP contribution in [-0.2, 0) is 0 Å². The molecule has 0 aliphatic rings. The Bertz CT molecular complexity index is 326. The first-order chi connectivity index (χ1) is 8.58. The molecule has 0 N–H and O–H groups in total. The maximum absolute atomic E-state index is 3.82. The fourth-order valence-electron chi connectivity index (χ4n) is 2.22. The van der Waals surface area contributed by atoms with E-state index in [2.05, 4.69) is 59.4 Å². The van der Waals surface area contributed by atoms with E-state index in [1.165, 1.54) is 24.0 Å². The first kappa shape index (κ1) is 17.0. The molecule has 0 rings (SSSR count). The summed E-state index contributed by atoms with van der Waals surface area (Å²) in [5, 5.41) is 0. The van der Waals surface area contributed by atoms with E-state index in [1.807, 2.05) is 6.08 Å². The minimum atomic E-state index is 0.557. The van der Waals surface area contributed by atoms with Crippen LogP contribution in [0.3, 0.4) is 0 Å². The van der Waals surface area contributed by atoms with E-state index in [0.29, 0.717) is 5.92 Å². The highest BCUT2D eigenvalue weighted by molar-refractivity contribution is 5.20. The Morgan fingerprint density at radius 1 is 1.22 bits per heavy atom. The van der Waals surface area contributed by atoms with Crippen LogP contribution >= 0.6 is 0 Å². The van der Waals surface area contributed by atoms with Crippen molar-refractivity contribution in [2.24, 2.45) is 5.92 Å². The molecule has 0 radical (unpaired) electrons. The second-order valence-corrected chi connectivity index (χ2v) is 4.97. The van der Waals surface area contributed by atoms with E-state index in [0.717, 1.165) is 12.8 Å². The topological polar surface area (TPSA) is 0 Å². The van der Waals surface area contributed by atoms with E-state index in [-0.39, 0.29) is 0 Å². The SMILES string of the molecule is C=CC(C)=CCC(C=C(C)CCC)C(=CC)CC. The highest BCUT2D eigenvalue weighted by Gasteiger charge is 2.08. The number of hydrogen-bond donors (Lipinski definition) is 0. The third-order valence-corrected chi connectivity index (χ3v) is 3.40. The van der Waals surface area contributed by atoms with E-state index >= 15 is 0 Å².